The van der Waals surface area contributed by atoms with Crippen molar-refractivity contribution in [3.05, 3.63) is 76.6 Å². The third-order valence-electron chi connectivity index (χ3n) is 4.28. The number of hydrogen-bond acceptors (Lipinski definition) is 5. The summed E-state index contributed by atoms with van der Waals surface area (Å²) < 4.78 is 7.33. The molecule has 7 heteroatoms. The Kier molecular flexibility index (Phi) is 5.01. The van der Waals surface area contributed by atoms with E-state index in [1.807, 2.05) is 68.4 Å². The first-order chi connectivity index (χ1) is 13.1. The molecule has 0 atom stereocenters. The van der Waals surface area contributed by atoms with E-state index in [1.165, 1.54) is 0 Å². The number of aromatic nitrogens is 4. The van der Waals surface area contributed by atoms with Crippen molar-refractivity contribution in [1.29, 1.82) is 0 Å². The van der Waals surface area contributed by atoms with Crippen LogP contribution in [0, 0.1) is 13.8 Å². The zero-order valence-corrected chi connectivity index (χ0v) is 16.5. The summed E-state index contributed by atoms with van der Waals surface area (Å²) in [4.78, 5) is 0. The normalized spacial score (nSPS) is 11.1. The Hall–Kier alpha value is -2.57. The van der Waals surface area contributed by atoms with E-state index in [1.54, 1.807) is 11.8 Å². The van der Waals surface area contributed by atoms with Crippen molar-refractivity contribution in [2.24, 2.45) is 0 Å². The van der Waals surface area contributed by atoms with Gasteiger partial charge in [-0.25, -0.2) is 0 Å². The zero-order chi connectivity index (χ0) is 18.8. The van der Waals surface area contributed by atoms with Gasteiger partial charge in [-0.2, -0.15) is 0 Å². The van der Waals surface area contributed by atoms with Gasteiger partial charge in [0.25, 0.3) is 0 Å². The first kappa shape index (κ1) is 17.8. The third-order valence-corrected chi connectivity index (χ3v) is 5.48. The van der Waals surface area contributed by atoms with Crippen LogP contribution in [-0.4, -0.2) is 19.9 Å². The van der Waals surface area contributed by atoms with Gasteiger partial charge in [0.15, 0.2) is 11.0 Å². The number of hydrogen-bond donors (Lipinski definition) is 0. The molecule has 0 saturated heterocycles. The highest BCUT2D eigenvalue weighted by molar-refractivity contribution is 7.98. The van der Waals surface area contributed by atoms with Crippen molar-refractivity contribution in [3.8, 4) is 17.1 Å². The summed E-state index contributed by atoms with van der Waals surface area (Å²) in [6.45, 7) is 3.88. The van der Waals surface area contributed by atoms with Crippen LogP contribution in [-0.2, 0) is 5.75 Å². The van der Waals surface area contributed by atoms with Crippen LogP contribution in [0.2, 0.25) is 5.02 Å². The van der Waals surface area contributed by atoms with Crippen LogP contribution in [0.1, 0.15) is 17.0 Å². The van der Waals surface area contributed by atoms with E-state index in [4.69, 9.17) is 16.1 Å². The molecule has 2 aromatic heterocycles. The molecule has 0 bridgehead atoms. The summed E-state index contributed by atoms with van der Waals surface area (Å²) >= 11 is 7.65. The Balaban J connectivity index is 1.74. The number of rotatable bonds is 5. The van der Waals surface area contributed by atoms with Crippen LogP contribution in [0.5, 0.6) is 0 Å². The van der Waals surface area contributed by atoms with Gasteiger partial charge < -0.3 is 4.52 Å². The average molecular weight is 397 g/mol. The highest BCUT2D eigenvalue weighted by atomic mass is 35.5. The molecule has 0 spiro atoms. The van der Waals surface area contributed by atoms with Crippen LogP contribution in [0.25, 0.3) is 17.1 Å². The van der Waals surface area contributed by atoms with E-state index >= 15 is 0 Å². The maximum Gasteiger partial charge on any atom is 0.196 e. The second kappa shape index (κ2) is 7.58. The van der Waals surface area contributed by atoms with E-state index in [0.717, 1.165) is 39.2 Å². The first-order valence-electron chi connectivity index (χ1n) is 8.45. The minimum atomic E-state index is 0.692. The SMILES string of the molecule is Cc1noc(C)c1CSc1nnc(-c2ccc(Cl)cc2)n1-c1ccccc1. The maximum atomic E-state index is 6.04. The Morgan fingerprint density at radius 1 is 1.00 bits per heavy atom. The number of thioether (sulfide) groups is 1. The largest absolute Gasteiger partial charge is 0.361 e. The number of halogens is 1. The van der Waals surface area contributed by atoms with Gasteiger partial charge in [0.1, 0.15) is 5.76 Å². The standard InChI is InChI=1S/C20H17ClN4OS/c1-13-18(14(2)26-24-13)12-27-20-23-22-19(15-8-10-16(21)11-9-15)25(20)17-6-4-3-5-7-17/h3-11H,12H2,1-2H3. The van der Waals surface area contributed by atoms with Gasteiger partial charge in [-0.3, -0.25) is 4.57 Å². The molecular weight excluding hydrogens is 380 g/mol. The smallest absolute Gasteiger partial charge is 0.196 e. The fourth-order valence-corrected chi connectivity index (χ4v) is 4.03. The molecule has 5 nitrogen and oxygen atoms in total. The fraction of sp³-hybridized carbons (Fsp3) is 0.150. The summed E-state index contributed by atoms with van der Waals surface area (Å²) in [5.74, 6) is 2.33. The molecule has 0 unspecified atom stereocenters. The Morgan fingerprint density at radius 2 is 1.74 bits per heavy atom. The van der Waals surface area contributed by atoms with Gasteiger partial charge >= 0.3 is 0 Å². The summed E-state index contributed by atoms with van der Waals surface area (Å²) in [6.07, 6.45) is 0. The van der Waals surface area contributed by atoms with Crippen molar-refractivity contribution in [1.82, 2.24) is 19.9 Å². The number of para-hydroxylation sites is 1. The summed E-state index contributed by atoms with van der Waals surface area (Å²) in [6, 6.07) is 17.7. The van der Waals surface area contributed by atoms with Crippen molar-refractivity contribution in [2.75, 3.05) is 0 Å². The maximum absolute atomic E-state index is 6.04. The Bertz CT molecular complexity index is 1040. The lowest BCUT2D eigenvalue weighted by Crippen LogP contribution is -1.99. The lowest BCUT2D eigenvalue weighted by Gasteiger charge is -2.10. The van der Waals surface area contributed by atoms with Gasteiger partial charge in [0, 0.05) is 27.6 Å². The molecule has 0 radical (unpaired) electrons. The molecule has 4 aromatic rings. The van der Waals surface area contributed by atoms with Gasteiger partial charge in [0.05, 0.1) is 5.69 Å². The highest BCUT2D eigenvalue weighted by Crippen LogP contribution is 2.31. The second-order valence-electron chi connectivity index (χ2n) is 6.08. The minimum absolute atomic E-state index is 0.692. The first-order valence-corrected chi connectivity index (χ1v) is 9.81. The molecule has 0 fully saturated rings. The molecule has 0 amide bonds. The monoisotopic (exact) mass is 396 g/mol. The molecule has 0 saturated carbocycles. The molecular formula is C20H17ClN4OS. The predicted molar refractivity (Wildman–Crippen MR) is 107 cm³/mol. The average Bonchev–Trinajstić information content (AvgIpc) is 3.25. The van der Waals surface area contributed by atoms with E-state index in [2.05, 4.69) is 19.9 Å². The van der Waals surface area contributed by atoms with Gasteiger partial charge in [-0.05, 0) is 50.2 Å². The molecule has 0 aliphatic heterocycles. The molecule has 0 aliphatic rings. The van der Waals surface area contributed by atoms with Crippen LogP contribution in [0.3, 0.4) is 0 Å². The summed E-state index contributed by atoms with van der Waals surface area (Å²) in [5.41, 5.74) is 3.97. The highest BCUT2D eigenvalue weighted by Gasteiger charge is 2.18. The van der Waals surface area contributed by atoms with Gasteiger partial charge in [-0.1, -0.05) is 46.7 Å². The van der Waals surface area contributed by atoms with E-state index in [0.29, 0.717) is 10.8 Å². The van der Waals surface area contributed by atoms with Crippen LogP contribution in [0.15, 0.2) is 64.3 Å². The van der Waals surface area contributed by atoms with Gasteiger partial charge in [-0.15, -0.1) is 10.2 Å². The second-order valence-corrected chi connectivity index (χ2v) is 7.45. The lowest BCUT2D eigenvalue weighted by molar-refractivity contribution is 0.392. The van der Waals surface area contributed by atoms with Crippen molar-refractivity contribution in [3.63, 3.8) is 0 Å². The molecule has 4 rings (SSSR count). The summed E-state index contributed by atoms with van der Waals surface area (Å²) in [7, 11) is 0. The molecule has 136 valence electrons. The minimum Gasteiger partial charge on any atom is -0.361 e. The van der Waals surface area contributed by atoms with Crippen molar-refractivity contribution in [2.45, 2.75) is 24.8 Å². The third kappa shape index (κ3) is 3.63. The molecule has 0 N–H and O–H groups in total. The predicted octanol–water partition coefficient (Wildman–Crippen LogP) is 5.48. The molecule has 2 heterocycles. The quantitative estimate of drug-likeness (QED) is 0.418. The lowest BCUT2D eigenvalue weighted by atomic mass is 10.2. The van der Waals surface area contributed by atoms with Gasteiger partial charge in [0.2, 0.25) is 0 Å². The topological polar surface area (TPSA) is 56.7 Å². The molecule has 2 aromatic carbocycles. The van der Waals surface area contributed by atoms with E-state index in [9.17, 15) is 0 Å². The number of benzene rings is 2. The zero-order valence-electron chi connectivity index (χ0n) is 14.9. The Labute approximate surface area is 166 Å². The number of nitrogens with zero attached hydrogens (tertiary/aromatic N) is 4. The molecule has 0 aliphatic carbocycles. The van der Waals surface area contributed by atoms with Crippen LogP contribution < -0.4 is 0 Å². The molecule has 27 heavy (non-hydrogen) atoms. The number of aryl methyl sites for hydroxylation is 2. The fourth-order valence-electron chi connectivity index (χ4n) is 2.80. The Morgan fingerprint density at radius 3 is 2.41 bits per heavy atom. The van der Waals surface area contributed by atoms with Crippen molar-refractivity contribution >= 4 is 23.4 Å². The van der Waals surface area contributed by atoms with Crippen LogP contribution in [0.4, 0.5) is 0 Å². The summed E-state index contributed by atoms with van der Waals surface area (Å²) in [5, 5.41) is 14.4. The van der Waals surface area contributed by atoms with E-state index in [-0.39, 0.29) is 0 Å². The van der Waals surface area contributed by atoms with Crippen molar-refractivity contribution < 1.29 is 4.52 Å². The van der Waals surface area contributed by atoms with Crippen LogP contribution >= 0.6 is 23.4 Å². The van der Waals surface area contributed by atoms with E-state index < -0.39 is 0 Å².